The summed E-state index contributed by atoms with van der Waals surface area (Å²) in [5.41, 5.74) is -0.904. The second-order valence-corrected chi connectivity index (χ2v) is 6.50. The van der Waals surface area contributed by atoms with Gasteiger partial charge < -0.3 is 20.1 Å². The number of aliphatic imine (C=N–C) groups is 1. The first-order chi connectivity index (χ1) is 13.4. The summed E-state index contributed by atoms with van der Waals surface area (Å²) in [6.07, 6.45) is -3.17. The molecule has 0 bridgehead atoms. The van der Waals surface area contributed by atoms with Crippen LogP contribution in [0.25, 0.3) is 0 Å². The monoisotopic (exact) mass is 551 g/mol. The van der Waals surface area contributed by atoms with Crippen molar-refractivity contribution >= 4 is 41.5 Å². The number of aromatic nitrogens is 1. The van der Waals surface area contributed by atoms with Crippen LogP contribution in [0.1, 0.15) is 12.0 Å². The molecule has 1 aromatic rings. The van der Waals surface area contributed by atoms with E-state index in [1.165, 1.54) is 0 Å². The Balaban J connectivity index is 0.00000420. The van der Waals surface area contributed by atoms with Crippen molar-refractivity contribution in [2.24, 2.45) is 4.99 Å². The summed E-state index contributed by atoms with van der Waals surface area (Å²) >= 11 is 5.80. The number of halogens is 5. The van der Waals surface area contributed by atoms with Gasteiger partial charge in [-0.1, -0.05) is 11.6 Å². The van der Waals surface area contributed by atoms with E-state index in [0.717, 1.165) is 45.5 Å². The highest BCUT2D eigenvalue weighted by molar-refractivity contribution is 14.0. The summed E-state index contributed by atoms with van der Waals surface area (Å²) in [6, 6.07) is 0.808. The van der Waals surface area contributed by atoms with Crippen LogP contribution in [0.3, 0.4) is 0 Å². The van der Waals surface area contributed by atoms with E-state index in [4.69, 9.17) is 21.1 Å². The van der Waals surface area contributed by atoms with Crippen molar-refractivity contribution < 1.29 is 22.6 Å². The maximum Gasteiger partial charge on any atom is 0.417 e. The summed E-state index contributed by atoms with van der Waals surface area (Å²) in [6.45, 7) is 5.92. The fraction of sp³-hybridized carbons (Fsp3) is 0.647. The summed E-state index contributed by atoms with van der Waals surface area (Å²) in [5.74, 6) is 0.668. The molecule has 0 amide bonds. The minimum absolute atomic E-state index is 0. The number of rotatable bonds is 8. The molecule has 0 saturated carbocycles. The molecule has 0 aromatic carbocycles. The van der Waals surface area contributed by atoms with Gasteiger partial charge in [0.25, 0.3) is 0 Å². The van der Waals surface area contributed by atoms with Crippen LogP contribution in [0, 0.1) is 0 Å². The van der Waals surface area contributed by atoms with Crippen molar-refractivity contribution in [1.82, 2.24) is 20.5 Å². The molecular formula is C17H26ClF3IN5O2. The molecule has 0 unspecified atom stereocenters. The van der Waals surface area contributed by atoms with Gasteiger partial charge in [0.1, 0.15) is 5.02 Å². The molecule has 0 aliphatic carbocycles. The molecule has 1 saturated heterocycles. The number of hydrogen-bond acceptors (Lipinski definition) is 5. The maximum absolute atomic E-state index is 12.6. The predicted molar refractivity (Wildman–Crippen MR) is 116 cm³/mol. The molecule has 2 N–H and O–H groups in total. The molecule has 0 atom stereocenters. The second-order valence-electron chi connectivity index (χ2n) is 6.09. The lowest BCUT2D eigenvalue weighted by atomic mass is 10.3. The first-order valence-electron chi connectivity index (χ1n) is 9.00. The first-order valence-corrected chi connectivity index (χ1v) is 9.38. The summed E-state index contributed by atoms with van der Waals surface area (Å²) in [4.78, 5) is 10.1. The Bertz CT molecular complexity index is 646. The largest absolute Gasteiger partial charge is 0.477 e. The Morgan fingerprint density at radius 1 is 1.31 bits per heavy atom. The van der Waals surface area contributed by atoms with Crippen molar-refractivity contribution in [3.8, 4) is 5.88 Å². The van der Waals surface area contributed by atoms with Crippen molar-refractivity contribution in [2.45, 2.75) is 12.6 Å². The van der Waals surface area contributed by atoms with Gasteiger partial charge in [-0.15, -0.1) is 24.0 Å². The summed E-state index contributed by atoms with van der Waals surface area (Å²) in [5, 5.41) is 6.22. The molecule has 7 nitrogen and oxygen atoms in total. The average Bonchev–Trinajstić information content (AvgIpc) is 2.67. The molecule has 1 aliphatic rings. The highest BCUT2D eigenvalue weighted by Crippen LogP contribution is 2.33. The van der Waals surface area contributed by atoms with Gasteiger partial charge in [-0.25, -0.2) is 4.98 Å². The molecule has 1 aliphatic heterocycles. The smallest absolute Gasteiger partial charge is 0.417 e. The molecule has 2 rings (SSSR count). The van der Waals surface area contributed by atoms with E-state index in [0.29, 0.717) is 25.1 Å². The third kappa shape index (κ3) is 9.53. The average molecular weight is 552 g/mol. The Hall–Kier alpha value is -1.05. The SMILES string of the molecule is CN=C(NCCCOc1ncc(C(F)(F)F)cc1Cl)NCCN1CCOCC1.I. The number of ether oxygens (including phenoxy) is 2. The highest BCUT2D eigenvalue weighted by atomic mass is 127. The van der Waals surface area contributed by atoms with Gasteiger partial charge in [0.2, 0.25) is 5.88 Å². The van der Waals surface area contributed by atoms with Gasteiger partial charge in [0, 0.05) is 46.0 Å². The van der Waals surface area contributed by atoms with Gasteiger partial charge in [0.15, 0.2) is 5.96 Å². The number of nitrogens with one attached hydrogen (secondary N) is 2. The van der Waals surface area contributed by atoms with E-state index in [1.54, 1.807) is 7.05 Å². The number of nitrogens with zero attached hydrogens (tertiary/aromatic N) is 3. The number of alkyl halides is 3. The standard InChI is InChI=1S/C17H25ClF3N5O2.HI/c1-22-16(24-4-5-26-6-9-27-10-7-26)23-3-2-8-28-15-14(18)11-13(12-25-15)17(19,20)21;/h11-12H,2-10H2,1H3,(H2,22,23,24);1H. The van der Waals surface area contributed by atoms with Crippen LogP contribution in [-0.2, 0) is 10.9 Å². The minimum atomic E-state index is -4.48. The van der Waals surface area contributed by atoms with Gasteiger partial charge >= 0.3 is 6.18 Å². The predicted octanol–water partition coefficient (Wildman–Crippen LogP) is 2.64. The molecular weight excluding hydrogens is 526 g/mol. The van der Waals surface area contributed by atoms with Gasteiger partial charge in [-0.05, 0) is 12.5 Å². The lowest BCUT2D eigenvalue weighted by Gasteiger charge is -2.26. The Labute approximate surface area is 190 Å². The van der Waals surface area contributed by atoms with Crippen LogP contribution in [-0.4, -0.2) is 75.4 Å². The molecule has 1 fully saturated rings. The van der Waals surface area contributed by atoms with Gasteiger partial charge in [0.05, 0.1) is 25.4 Å². The minimum Gasteiger partial charge on any atom is -0.477 e. The van der Waals surface area contributed by atoms with Crippen LogP contribution >= 0.6 is 35.6 Å². The normalized spacial score (nSPS) is 15.6. The van der Waals surface area contributed by atoms with Crippen LogP contribution in [0.5, 0.6) is 5.88 Å². The van der Waals surface area contributed by atoms with E-state index in [1.807, 2.05) is 0 Å². The molecule has 166 valence electrons. The fourth-order valence-electron chi connectivity index (χ4n) is 2.51. The van der Waals surface area contributed by atoms with Crippen LogP contribution in [0.4, 0.5) is 13.2 Å². The molecule has 12 heteroatoms. The molecule has 29 heavy (non-hydrogen) atoms. The highest BCUT2D eigenvalue weighted by Gasteiger charge is 2.31. The lowest BCUT2D eigenvalue weighted by molar-refractivity contribution is -0.137. The summed E-state index contributed by atoms with van der Waals surface area (Å²) in [7, 11) is 1.69. The zero-order chi connectivity index (χ0) is 20.4. The first kappa shape index (κ1) is 26.0. The van der Waals surface area contributed by atoms with E-state index in [2.05, 4.69) is 25.5 Å². The van der Waals surface area contributed by atoms with Crippen molar-refractivity contribution in [3.05, 3.63) is 22.8 Å². The molecule has 0 spiro atoms. The quantitative estimate of drug-likeness (QED) is 0.224. The van der Waals surface area contributed by atoms with Crippen LogP contribution < -0.4 is 15.4 Å². The number of pyridine rings is 1. The Morgan fingerprint density at radius 2 is 2.00 bits per heavy atom. The fourth-order valence-corrected chi connectivity index (χ4v) is 2.73. The zero-order valence-electron chi connectivity index (χ0n) is 16.1. The van der Waals surface area contributed by atoms with E-state index in [9.17, 15) is 13.2 Å². The van der Waals surface area contributed by atoms with E-state index in [-0.39, 0.29) is 41.5 Å². The third-order valence-corrected chi connectivity index (χ3v) is 4.31. The van der Waals surface area contributed by atoms with Crippen molar-refractivity contribution in [1.29, 1.82) is 0 Å². The Morgan fingerprint density at radius 3 is 2.62 bits per heavy atom. The van der Waals surface area contributed by atoms with Crippen LogP contribution in [0.15, 0.2) is 17.3 Å². The van der Waals surface area contributed by atoms with Crippen LogP contribution in [0.2, 0.25) is 5.02 Å². The topological polar surface area (TPSA) is 71.0 Å². The van der Waals surface area contributed by atoms with E-state index < -0.39 is 11.7 Å². The van der Waals surface area contributed by atoms with Crippen molar-refractivity contribution in [2.75, 3.05) is 59.6 Å². The maximum atomic E-state index is 12.6. The number of guanidine groups is 1. The van der Waals surface area contributed by atoms with Gasteiger partial charge in [-0.2, -0.15) is 13.2 Å². The molecule has 1 aromatic heterocycles. The zero-order valence-corrected chi connectivity index (χ0v) is 19.2. The molecule has 0 radical (unpaired) electrons. The number of hydrogen-bond donors (Lipinski definition) is 2. The molecule has 2 heterocycles. The Kier molecular flexibility index (Phi) is 11.9. The van der Waals surface area contributed by atoms with Crippen molar-refractivity contribution in [3.63, 3.8) is 0 Å². The number of morpholine rings is 1. The lowest BCUT2D eigenvalue weighted by Crippen LogP contribution is -2.44. The van der Waals surface area contributed by atoms with Gasteiger partial charge in [-0.3, -0.25) is 9.89 Å². The van der Waals surface area contributed by atoms with E-state index >= 15 is 0 Å². The summed E-state index contributed by atoms with van der Waals surface area (Å²) < 4.78 is 48.4. The third-order valence-electron chi connectivity index (χ3n) is 4.03. The second kappa shape index (κ2) is 13.3.